The summed E-state index contributed by atoms with van der Waals surface area (Å²) in [6.45, 7) is 2.60. The summed E-state index contributed by atoms with van der Waals surface area (Å²) in [5, 5.41) is 2.99. The van der Waals surface area contributed by atoms with Crippen molar-refractivity contribution in [3.63, 3.8) is 0 Å². The minimum Gasteiger partial charge on any atom is -0.492 e. The third-order valence-electron chi connectivity index (χ3n) is 6.61. The molecule has 2 aliphatic carbocycles. The Bertz CT molecular complexity index is 1150. The molecule has 0 heterocycles. The fraction of sp³-hybridized carbons (Fsp3) is 0.500. The molecule has 1 amide bonds. The summed E-state index contributed by atoms with van der Waals surface area (Å²) in [5.74, 6) is 0.262. The number of rotatable bonds is 10. The Morgan fingerprint density at radius 1 is 1.17 bits per heavy atom. The molecule has 0 aromatic heterocycles. The van der Waals surface area contributed by atoms with Crippen LogP contribution in [0.15, 0.2) is 42.5 Å². The highest BCUT2D eigenvalue weighted by Gasteiger charge is 2.35. The van der Waals surface area contributed by atoms with Crippen molar-refractivity contribution in [2.75, 3.05) is 26.0 Å². The maximum atomic E-state index is 13.9. The minimum absolute atomic E-state index is 0.0856. The summed E-state index contributed by atoms with van der Waals surface area (Å²) in [4.78, 5) is 12.2. The van der Waals surface area contributed by atoms with Gasteiger partial charge in [0.15, 0.2) is 0 Å². The fourth-order valence-electron chi connectivity index (χ4n) is 4.87. The van der Waals surface area contributed by atoms with E-state index in [4.69, 9.17) is 9.47 Å². The number of nitrogens with one attached hydrogen (secondary N) is 1. The summed E-state index contributed by atoms with van der Waals surface area (Å²) >= 11 is 0. The van der Waals surface area contributed by atoms with Crippen molar-refractivity contribution in [1.82, 2.24) is 9.62 Å². The number of carbonyl (C=O) groups excluding carboxylic acids is 1. The molecule has 2 aromatic rings. The van der Waals surface area contributed by atoms with Crippen molar-refractivity contribution >= 4 is 16.1 Å². The maximum Gasteiger partial charge on any atom is 0.407 e. The number of carbonyl (C=O) groups is 1. The molecule has 2 aromatic carbocycles. The van der Waals surface area contributed by atoms with Crippen LogP contribution < -0.4 is 10.1 Å². The number of sulfonamides is 1. The van der Waals surface area contributed by atoms with Gasteiger partial charge in [0, 0.05) is 24.5 Å². The molecule has 2 unspecified atom stereocenters. The molecule has 0 spiro atoms. The van der Waals surface area contributed by atoms with E-state index in [0.29, 0.717) is 18.7 Å². The lowest BCUT2D eigenvalue weighted by Gasteiger charge is -2.34. The topological polar surface area (TPSA) is 84.9 Å². The summed E-state index contributed by atoms with van der Waals surface area (Å²) in [7, 11) is -3.27. The van der Waals surface area contributed by atoms with Crippen LogP contribution in [-0.2, 0) is 27.6 Å². The molecule has 35 heavy (non-hydrogen) atoms. The smallest absolute Gasteiger partial charge is 0.407 e. The van der Waals surface area contributed by atoms with Gasteiger partial charge < -0.3 is 14.8 Å². The number of aryl methyl sites for hydroxylation is 1. The van der Waals surface area contributed by atoms with Gasteiger partial charge in [-0.15, -0.1) is 0 Å². The highest BCUT2D eigenvalue weighted by Crippen LogP contribution is 2.37. The standard InChI is InChI=1S/C26H33FN2O5S/c1-3-33-26(30)28-25-12-8-19-7-11-22(34-14-13-29(21-9-10-21)35(2,31)32)17-23(19)24(25)16-18-5-4-6-20(27)15-18/h4-7,11,15,17,21,24-25H,3,8-10,12-14,16H2,1-2H3,(H,28,30). The van der Waals surface area contributed by atoms with Gasteiger partial charge >= 0.3 is 6.09 Å². The second kappa shape index (κ2) is 11.0. The molecule has 2 atom stereocenters. The van der Waals surface area contributed by atoms with Crippen molar-refractivity contribution in [2.24, 2.45) is 0 Å². The molecule has 0 bridgehead atoms. The first-order valence-electron chi connectivity index (χ1n) is 12.1. The fourth-order valence-corrected chi connectivity index (χ4v) is 6.03. The predicted octanol–water partition coefficient (Wildman–Crippen LogP) is 4.02. The van der Waals surface area contributed by atoms with Crippen LogP contribution in [0.4, 0.5) is 9.18 Å². The van der Waals surface area contributed by atoms with Crippen molar-refractivity contribution in [3.05, 3.63) is 65.0 Å². The molecule has 4 rings (SSSR count). The Labute approximate surface area is 206 Å². The highest BCUT2D eigenvalue weighted by molar-refractivity contribution is 7.88. The quantitative estimate of drug-likeness (QED) is 0.528. The number of amides is 1. The van der Waals surface area contributed by atoms with Crippen molar-refractivity contribution < 1.29 is 27.1 Å². The number of ether oxygens (including phenoxy) is 2. The predicted molar refractivity (Wildman–Crippen MR) is 132 cm³/mol. The average molecular weight is 505 g/mol. The highest BCUT2D eigenvalue weighted by atomic mass is 32.2. The van der Waals surface area contributed by atoms with Gasteiger partial charge in [-0.2, -0.15) is 4.31 Å². The normalized spacial score (nSPS) is 19.8. The van der Waals surface area contributed by atoms with Gasteiger partial charge in [0.2, 0.25) is 10.0 Å². The van der Waals surface area contributed by atoms with Crippen LogP contribution in [0, 0.1) is 5.82 Å². The second-order valence-corrected chi connectivity index (χ2v) is 11.2. The molecule has 7 nitrogen and oxygen atoms in total. The number of halogens is 1. The van der Waals surface area contributed by atoms with Crippen LogP contribution in [0.25, 0.3) is 0 Å². The lowest BCUT2D eigenvalue weighted by molar-refractivity contribution is 0.144. The van der Waals surface area contributed by atoms with Gasteiger partial charge in [-0.3, -0.25) is 0 Å². The number of nitrogens with zero attached hydrogens (tertiary/aromatic N) is 1. The molecule has 2 aliphatic rings. The monoisotopic (exact) mass is 504 g/mol. The van der Waals surface area contributed by atoms with Gasteiger partial charge in [0.1, 0.15) is 18.2 Å². The van der Waals surface area contributed by atoms with Gasteiger partial charge in [0.05, 0.1) is 12.9 Å². The molecule has 9 heteroatoms. The maximum absolute atomic E-state index is 13.9. The van der Waals surface area contributed by atoms with Crippen LogP contribution >= 0.6 is 0 Å². The van der Waals surface area contributed by atoms with Gasteiger partial charge in [0.25, 0.3) is 0 Å². The zero-order chi connectivity index (χ0) is 25.0. The van der Waals surface area contributed by atoms with Crippen LogP contribution in [-0.4, -0.2) is 56.9 Å². The largest absolute Gasteiger partial charge is 0.492 e. The molecule has 1 fully saturated rings. The van der Waals surface area contributed by atoms with E-state index in [1.54, 1.807) is 13.0 Å². The first kappa shape index (κ1) is 25.4. The zero-order valence-corrected chi connectivity index (χ0v) is 21.0. The summed E-state index contributed by atoms with van der Waals surface area (Å²) in [6.07, 6.45) is 4.64. The molecule has 1 saturated carbocycles. The van der Waals surface area contributed by atoms with Crippen LogP contribution in [0.3, 0.4) is 0 Å². The Morgan fingerprint density at radius 2 is 1.97 bits per heavy atom. The van der Waals surface area contributed by atoms with Gasteiger partial charge in [-0.05, 0) is 80.0 Å². The molecule has 0 aliphatic heterocycles. The van der Waals surface area contributed by atoms with Gasteiger partial charge in [-0.25, -0.2) is 17.6 Å². The number of hydrogen-bond donors (Lipinski definition) is 1. The van der Waals surface area contributed by atoms with Crippen LogP contribution in [0.1, 0.15) is 48.8 Å². The summed E-state index contributed by atoms with van der Waals surface area (Å²) in [6, 6.07) is 12.3. The van der Waals surface area contributed by atoms with Crippen LogP contribution in [0.2, 0.25) is 0 Å². The number of hydrogen-bond acceptors (Lipinski definition) is 5. The first-order valence-corrected chi connectivity index (χ1v) is 14.0. The Kier molecular flexibility index (Phi) is 7.96. The molecule has 1 N–H and O–H groups in total. The van der Waals surface area contributed by atoms with Crippen molar-refractivity contribution in [2.45, 2.75) is 57.0 Å². The average Bonchev–Trinajstić information content (AvgIpc) is 3.63. The Morgan fingerprint density at radius 3 is 2.66 bits per heavy atom. The summed E-state index contributed by atoms with van der Waals surface area (Å²) < 4.78 is 50.6. The molecular weight excluding hydrogens is 471 g/mol. The molecular formula is C26H33FN2O5S. The van der Waals surface area contributed by atoms with E-state index in [2.05, 4.69) is 5.32 Å². The first-order chi connectivity index (χ1) is 16.7. The van der Waals surface area contributed by atoms with Crippen LogP contribution in [0.5, 0.6) is 5.75 Å². The van der Waals surface area contributed by atoms with E-state index in [9.17, 15) is 17.6 Å². The van der Waals surface area contributed by atoms with E-state index in [1.807, 2.05) is 24.3 Å². The number of benzene rings is 2. The summed E-state index contributed by atoms with van der Waals surface area (Å²) in [5.41, 5.74) is 3.05. The Hall–Kier alpha value is -2.65. The Balaban J connectivity index is 1.53. The molecule has 0 saturated heterocycles. The van der Waals surface area contributed by atoms with Gasteiger partial charge in [-0.1, -0.05) is 18.2 Å². The molecule has 190 valence electrons. The lowest BCUT2D eigenvalue weighted by atomic mass is 9.76. The van der Waals surface area contributed by atoms with Crippen molar-refractivity contribution in [3.8, 4) is 5.75 Å². The third-order valence-corrected chi connectivity index (χ3v) is 7.94. The molecule has 0 radical (unpaired) electrons. The van der Waals surface area contributed by atoms with E-state index in [1.165, 1.54) is 22.7 Å². The van der Waals surface area contributed by atoms with E-state index in [-0.39, 0.29) is 37.0 Å². The number of alkyl carbamates (subject to hydrolysis) is 1. The second-order valence-electron chi connectivity index (χ2n) is 9.26. The SMILES string of the molecule is CCOC(=O)NC1CCc2ccc(OCCN(C3CC3)S(C)(=O)=O)cc2C1Cc1cccc(F)c1. The number of fused-ring (bicyclic) bond motifs is 1. The lowest BCUT2D eigenvalue weighted by Crippen LogP contribution is -2.43. The van der Waals surface area contributed by atoms with Crippen molar-refractivity contribution in [1.29, 1.82) is 0 Å². The third kappa shape index (κ3) is 6.73. The van der Waals surface area contributed by atoms with E-state index in [0.717, 1.165) is 42.4 Å². The van der Waals surface area contributed by atoms with E-state index >= 15 is 0 Å². The van der Waals surface area contributed by atoms with E-state index < -0.39 is 16.1 Å². The minimum atomic E-state index is -3.27. The zero-order valence-electron chi connectivity index (χ0n) is 20.2.